The van der Waals surface area contributed by atoms with Crippen molar-refractivity contribution in [3.8, 4) is 0 Å². The number of hydrogen-bond donors (Lipinski definition) is 1. The van der Waals surface area contributed by atoms with Crippen molar-refractivity contribution in [2.45, 2.75) is 11.4 Å². The van der Waals surface area contributed by atoms with E-state index in [9.17, 15) is 8.42 Å². The Hall–Kier alpha value is -0.0400. The molecule has 0 spiro atoms. The largest absolute Gasteiger partial charge is 0.469 e. The highest BCUT2D eigenvalue weighted by molar-refractivity contribution is 7.94. The zero-order valence-corrected chi connectivity index (χ0v) is 11.4. The molecule has 4 nitrogen and oxygen atoms in total. The molecule has 0 saturated heterocycles. The van der Waals surface area contributed by atoms with E-state index in [4.69, 9.17) is 40.2 Å². The molecular formula is C8H11Cl2NO3S2. The normalized spacial score (nSPS) is 24.0. The Kier molecular flexibility index (Phi) is 5.30. The number of thiocarbonyl (C=S) groups is 1. The number of halogens is 2. The summed E-state index contributed by atoms with van der Waals surface area (Å²) < 4.78 is 27.3. The topological polar surface area (TPSA) is 55.4 Å². The van der Waals surface area contributed by atoms with Crippen LogP contribution in [0, 0.1) is 0 Å². The Morgan fingerprint density at radius 1 is 1.69 bits per heavy atom. The van der Waals surface area contributed by atoms with Crippen LogP contribution in [0.15, 0.2) is 11.5 Å². The molecule has 1 N–H and O–H groups in total. The highest BCUT2D eigenvalue weighted by Gasteiger charge is 2.22. The molecule has 0 aromatic rings. The van der Waals surface area contributed by atoms with Gasteiger partial charge in [-0.3, -0.25) is 0 Å². The van der Waals surface area contributed by atoms with Crippen LogP contribution in [-0.4, -0.2) is 43.3 Å². The van der Waals surface area contributed by atoms with Gasteiger partial charge in [0.2, 0.25) is 0 Å². The Labute approximate surface area is 110 Å². The predicted molar refractivity (Wildman–Crippen MR) is 68.8 cm³/mol. The number of alkyl halides is 2. The molecule has 0 aromatic carbocycles. The molecule has 0 amide bonds. The first-order valence-corrected chi connectivity index (χ1v) is 7.56. The zero-order valence-electron chi connectivity index (χ0n) is 8.23. The lowest BCUT2D eigenvalue weighted by Gasteiger charge is -2.14. The van der Waals surface area contributed by atoms with Crippen molar-refractivity contribution in [1.29, 1.82) is 0 Å². The van der Waals surface area contributed by atoms with Gasteiger partial charge in [-0.05, 0) is 18.3 Å². The maximum atomic E-state index is 11.1. The quantitative estimate of drug-likeness (QED) is 0.621. The fourth-order valence-corrected chi connectivity index (χ4v) is 2.68. The second-order valence-corrected chi connectivity index (χ2v) is 6.49. The molecule has 1 aliphatic heterocycles. The van der Waals surface area contributed by atoms with Crippen LogP contribution in [0.4, 0.5) is 0 Å². The highest BCUT2D eigenvalue weighted by atomic mass is 35.5. The average molecular weight is 304 g/mol. The first-order valence-electron chi connectivity index (χ1n) is 4.47. The lowest BCUT2D eigenvalue weighted by Crippen LogP contribution is -2.36. The number of sulfone groups is 1. The van der Waals surface area contributed by atoms with E-state index in [2.05, 4.69) is 5.32 Å². The van der Waals surface area contributed by atoms with E-state index in [1.165, 1.54) is 6.08 Å². The van der Waals surface area contributed by atoms with Crippen LogP contribution in [-0.2, 0) is 14.6 Å². The molecular weight excluding hydrogens is 293 g/mol. The number of ether oxygens (including phenoxy) is 1. The van der Waals surface area contributed by atoms with Gasteiger partial charge >= 0.3 is 0 Å². The molecule has 0 bridgehead atoms. The lowest BCUT2D eigenvalue weighted by molar-refractivity contribution is 0.300. The number of hydrogen-bond acceptors (Lipinski definition) is 4. The van der Waals surface area contributed by atoms with E-state index in [1.807, 2.05) is 0 Å². The monoisotopic (exact) mass is 303 g/mol. The van der Waals surface area contributed by atoms with Crippen LogP contribution in [0.5, 0.6) is 0 Å². The van der Waals surface area contributed by atoms with E-state index in [1.54, 1.807) is 0 Å². The Morgan fingerprint density at radius 2 is 2.38 bits per heavy atom. The van der Waals surface area contributed by atoms with Crippen molar-refractivity contribution in [3.05, 3.63) is 11.5 Å². The van der Waals surface area contributed by atoms with Crippen LogP contribution in [0.25, 0.3) is 0 Å². The van der Waals surface area contributed by atoms with Crippen LogP contribution >= 0.6 is 35.4 Å². The fourth-order valence-electron chi connectivity index (χ4n) is 1.07. The van der Waals surface area contributed by atoms with Crippen LogP contribution in [0.1, 0.15) is 0 Å². The van der Waals surface area contributed by atoms with Crippen LogP contribution in [0.2, 0.25) is 0 Å². The van der Waals surface area contributed by atoms with Gasteiger partial charge in [-0.15, -0.1) is 23.2 Å². The molecule has 1 aliphatic rings. The van der Waals surface area contributed by atoms with Gasteiger partial charge in [-0.25, -0.2) is 8.42 Å². The second-order valence-electron chi connectivity index (χ2n) is 3.26. The van der Waals surface area contributed by atoms with Gasteiger partial charge < -0.3 is 10.1 Å². The third kappa shape index (κ3) is 4.86. The summed E-state index contributed by atoms with van der Waals surface area (Å²) in [5.41, 5.74) is 0. The number of rotatable bonds is 4. The maximum absolute atomic E-state index is 11.1. The van der Waals surface area contributed by atoms with Crippen molar-refractivity contribution in [2.24, 2.45) is 0 Å². The second kappa shape index (κ2) is 6.05. The summed E-state index contributed by atoms with van der Waals surface area (Å²) in [6, 6.07) is -0.331. The minimum absolute atomic E-state index is 0.00366. The molecule has 0 aromatic heterocycles. The molecule has 0 fully saturated rings. The van der Waals surface area contributed by atoms with E-state index in [-0.39, 0.29) is 34.8 Å². The molecule has 0 unspecified atom stereocenters. The van der Waals surface area contributed by atoms with E-state index < -0.39 is 9.84 Å². The third-order valence-electron chi connectivity index (χ3n) is 1.80. The van der Waals surface area contributed by atoms with Gasteiger partial charge in [-0.1, -0.05) is 0 Å². The Bertz CT molecular complexity index is 383. The molecule has 0 saturated carbocycles. The molecule has 2 atom stereocenters. The SMILES string of the molecule is O=S1(=O)C=C[C@@H](NC(=S)OC[C@@H](Cl)CCl)C1. The summed E-state index contributed by atoms with van der Waals surface area (Å²) in [4.78, 5) is 0. The summed E-state index contributed by atoms with van der Waals surface area (Å²) in [5.74, 6) is 0.262. The zero-order chi connectivity index (χ0) is 12.2. The smallest absolute Gasteiger partial charge is 0.257 e. The molecule has 1 heterocycles. The summed E-state index contributed by atoms with van der Waals surface area (Å²) in [6.07, 6.45) is 1.53. The van der Waals surface area contributed by atoms with Crippen molar-refractivity contribution in [2.75, 3.05) is 18.2 Å². The fraction of sp³-hybridized carbons (Fsp3) is 0.625. The molecule has 92 valence electrons. The van der Waals surface area contributed by atoms with E-state index in [0.29, 0.717) is 0 Å². The molecule has 0 radical (unpaired) electrons. The maximum Gasteiger partial charge on any atom is 0.257 e. The Morgan fingerprint density at radius 3 is 2.88 bits per heavy atom. The first kappa shape index (κ1) is 14.0. The molecule has 0 aliphatic carbocycles. The minimum atomic E-state index is -3.08. The van der Waals surface area contributed by atoms with Crippen molar-refractivity contribution < 1.29 is 13.2 Å². The van der Waals surface area contributed by atoms with Gasteiger partial charge in [0.25, 0.3) is 5.17 Å². The number of nitrogens with one attached hydrogen (secondary N) is 1. The summed E-state index contributed by atoms with van der Waals surface area (Å²) in [5, 5.41) is 3.73. The van der Waals surface area contributed by atoms with E-state index >= 15 is 0 Å². The van der Waals surface area contributed by atoms with E-state index in [0.717, 1.165) is 5.41 Å². The predicted octanol–water partition coefficient (Wildman–Crippen LogP) is 1.03. The summed E-state index contributed by atoms with van der Waals surface area (Å²) in [7, 11) is -3.08. The lowest BCUT2D eigenvalue weighted by atomic mass is 10.3. The molecule has 1 rings (SSSR count). The molecule has 8 heteroatoms. The van der Waals surface area contributed by atoms with Gasteiger partial charge in [-0.2, -0.15) is 0 Å². The summed E-state index contributed by atoms with van der Waals surface area (Å²) in [6.45, 7) is 0.195. The Balaban J connectivity index is 2.29. The summed E-state index contributed by atoms with van der Waals surface area (Å²) >= 11 is 16.1. The van der Waals surface area contributed by atoms with Gasteiger partial charge in [0.15, 0.2) is 9.84 Å². The van der Waals surface area contributed by atoms with Gasteiger partial charge in [0.1, 0.15) is 6.61 Å². The molecule has 16 heavy (non-hydrogen) atoms. The van der Waals surface area contributed by atoms with Gasteiger partial charge in [0.05, 0.1) is 17.2 Å². The average Bonchev–Trinajstić information content (AvgIpc) is 2.54. The van der Waals surface area contributed by atoms with Crippen LogP contribution in [0.3, 0.4) is 0 Å². The van der Waals surface area contributed by atoms with Gasteiger partial charge in [0, 0.05) is 11.3 Å². The van der Waals surface area contributed by atoms with Crippen molar-refractivity contribution in [1.82, 2.24) is 5.32 Å². The third-order valence-corrected chi connectivity index (χ3v) is 4.24. The standard InChI is InChI=1S/C8H11Cl2NO3S2/c9-3-6(10)4-14-8(15)11-7-1-2-16(12,13)5-7/h1-2,6-7H,3-5H2,(H,11,15)/t6-,7+/m0/s1. The minimum Gasteiger partial charge on any atom is -0.469 e. The highest BCUT2D eigenvalue weighted by Crippen LogP contribution is 2.08. The van der Waals surface area contributed by atoms with Crippen molar-refractivity contribution >= 4 is 50.4 Å². The van der Waals surface area contributed by atoms with Crippen LogP contribution < -0.4 is 5.32 Å². The van der Waals surface area contributed by atoms with Crippen molar-refractivity contribution in [3.63, 3.8) is 0 Å². The first-order chi connectivity index (χ1) is 7.43.